The van der Waals surface area contributed by atoms with E-state index in [-0.39, 0.29) is 0 Å². The van der Waals surface area contributed by atoms with E-state index in [1.807, 2.05) is 0 Å². The third kappa shape index (κ3) is 2.10. The SMILES string of the molecule is C=CB(O)c1cccc(Cl)c1. The van der Waals surface area contributed by atoms with Crippen LogP contribution < -0.4 is 5.46 Å². The van der Waals surface area contributed by atoms with Crippen LogP contribution in [-0.2, 0) is 0 Å². The van der Waals surface area contributed by atoms with Crippen LogP contribution in [0.3, 0.4) is 0 Å². The minimum Gasteiger partial charge on any atom is -0.443 e. The summed E-state index contributed by atoms with van der Waals surface area (Å²) in [5, 5.41) is 9.91. The molecule has 0 saturated carbocycles. The van der Waals surface area contributed by atoms with E-state index in [4.69, 9.17) is 11.6 Å². The molecule has 0 saturated heterocycles. The van der Waals surface area contributed by atoms with Crippen LogP contribution in [0, 0.1) is 0 Å². The van der Waals surface area contributed by atoms with Gasteiger partial charge in [-0.15, -0.1) is 6.58 Å². The Hall–Kier alpha value is -0.725. The van der Waals surface area contributed by atoms with Crippen molar-refractivity contribution < 1.29 is 5.02 Å². The average Bonchev–Trinajstić information content (AvgIpc) is 2.03. The second-order valence-corrected chi connectivity index (χ2v) is 2.67. The van der Waals surface area contributed by atoms with Gasteiger partial charge in [-0.2, -0.15) is 0 Å². The summed E-state index contributed by atoms with van der Waals surface area (Å²) in [6.45, 7) is 2.86. The Morgan fingerprint density at radius 3 is 2.82 bits per heavy atom. The van der Waals surface area contributed by atoms with Crippen molar-refractivity contribution >= 4 is 24.0 Å². The highest BCUT2D eigenvalue weighted by molar-refractivity contribution is 6.71. The largest absolute Gasteiger partial charge is 0.443 e. The van der Waals surface area contributed by atoms with Crippen LogP contribution in [0.5, 0.6) is 0 Å². The van der Waals surface area contributed by atoms with Crippen LogP contribution in [0.25, 0.3) is 0 Å². The molecule has 0 unspecified atom stereocenters. The molecule has 1 rings (SSSR count). The van der Waals surface area contributed by atoms with Gasteiger partial charge in [-0.3, -0.25) is 0 Å². The number of hydrogen-bond donors (Lipinski definition) is 1. The summed E-state index contributed by atoms with van der Waals surface area (Å²) in [4.78, 5) is 0. The number of rotatable bonds is 2. The van der Waals surface area contributed by atoms with E-state index in [0.717, 1.165) is 5.46 Å². The van der Waals surface area contributed by atoms with Crippen LogP contribution in [0.2, 0.25) is 5.02 Å². The summed E-state index contributed by atoms with van der Waals surface area (Å²) in [5.41, 5.74) is 0.771. The normalized spacial score (nSPS) is 9.27. The second kappa shape index (κ2) is 3.60. The molecule has 0 fully saturated rings. The van der Waals surface area contributed by atoms with Gasteiger partial charge in [0.2, 0.25) is 0 Å². The zero-order valence-corrected chi connectivity index (χ0v) is 6.75. The fraction of sp³-hybridized carbons (Fsp3) is 0. The van der Waals surface area contributed by atoms with Crippen molar-refractivity contribution in [1.29, 1.82) is 0 Å². The topological polar surface area (TPSA) is 20.2 Å². The second-order valence-electron chi connectivity index (χ2n) is 2.24. The molecule has 0 amide bonds. The highest BCUT2D eigenvalue weighted by Gasteiger charge is 2.07. The third-order valence-corrected chi connectivity index (χ3v) is 1.65. The Labute approximate surface area is 71.4 Å². The standard InChI is InChI=1S/C8H8BClO/c1-2-9(11)7-4-3-5-8(10)6-7/h2-6,11H,1H2. The van der Waals surface area contributed by atoms with Gasteiger partial charge in [-0.25, -0.2) is 0 Å². The van der Waals surface area contributed by atoms with Crippen molar-refractivity contribution in [3.63, 3.8) is 0 Å². The maximum absolute atomic E-state index is 9.28. The smallest absolute Gasteiger partial charge is 0.350 e. The van der Waals surface area contributed by atoms with Crippen LogP contribution in [0.15, 0.2) is 36.8 Å². The molecule has 0 atom stereocenters. The molecule has 1 aromatic carbocycles. The molecule has 0 spiro atoms. The van der Waals surface area contributed by atoms with Gasteiger partial charge in [0.15, 0.2) is 0 Å². The monoisotopic (exact) mass is 166 g/mol. The number of benzene rings is 1. The lowest BCUT2D eigenvalue weighted by Crippen LogP contribution is -2.27. The molecule has 1 nitrogen and oxygen atoms in total. The summed E-state index contributed by atoms with van der Waals surface area (Å²) in [5.74, 6) is 1.46. The van der Waals surface area contributed by atoms with Crippen molar-refractivity contribution in [2.24, 2.45) is 0 Å². The Kier molecular flexibility index (Phi) is 2.74. The zero-order chi connectivity index (χ0) is 8.27. The maximum Gasteiger partial charge on any atom is 0.350 e. The molecule has 3 heteroatoms. The van der Waals surface area contributed by atoms with Gasteiger partial charge in [0.05, 0.1) is 0 Å². The van der Waals surface area contributed by atoms with Crippen molar-refractivity contribution in [3.05, 3.63) is 41.8 Å². The average molecular weight is 166 g/mol. The molecular formula is C8H8BClO. The molecular weight excluding hydrogens is 158 g/mol. The van der Waals surface area contributed by atoms with E-state index in [1.165, 1.54) is 5.98 Å². The lowest BCUT2D eigenvalue weighted by atomic mass is 9.62. The molecule has 0 aliphatic rings. The molecule has 0 aliphatic heterocycles. The highest BCUT2D eigenvalue weighted by Crippen LogP contribution is 2.03. The van der Waals surface area contributed by atoms with Gasteiger partial charge in [-0.1, -0.05) is 29.7 Å². The zero-order valence-electron chi connectivity index (χ0n) is 6.00. The van der Waals surface area contributed by atoms with Gasteiger partial charge in [0, 0.05) is 5.02 Å². The van der Waals surface area contributed by atoms with Crippen LogP contribution >= 0.6 is 11.6 Å². The Morgan fingerprint density at radius 1 is 1.55 bits per heavy atom. The molecule has 1 N–H and O–H groups in total. The van der Waals surface area contributed by atoms with Gasteiger partial charge in [-0.05, 0) is 17.6 Å². The van der Waals surface area contributed by atoms with Crippen LogP contribution in [0.4, 0.5) is 0 Å². The predicted molar refractivity (Wildman–Crippen MR) is 49.3 cm³/mol. The highest BCUT2D eigenvalue weighted by atomic mass is 35.5. The maximum atomic E-state index is 9.28. The van der Waals surface area contributed by atoms with Crippen molar-refractivity contribution in [2.45, 2.75) is 0 Å². The molecule has 0 aliphatic carbocycles. The van der Waals surface area contributed by atoms with E-state index in [2.05, 4.69) is 6.58 Å². The Balaban J connectivity index is 2.95. The minimum absolute atomic E-state index is 0.617. The molecule has 0 heterocycles. The third-order valence-electron chi connectivity index (χ3n) is 1.41. The summed E-state index contributed by atoms with van der Waals surface area (Å²) >= 11 is 5.70. The molecule has 0 aromatic heterocycles. The summed E-state index contributed by atoms with van der Waals surface area (Å²) in [6.07, 6.45) is 0. The van der Waals surface area contributed by atoms with E-state index < -0.39 is 6.92 Å². The molecule has 56 valence electrons. The fourth-order valence-corrected chi connectivity index (χ4v) is 1.03. The Bertz CT molecular complexity index is 262. The van der Waals surface area contributed by atoms with E-state index in [9.17, 15) is 5.02 Å². The fourth-order valence-electron chi connectivity index (χ4n) is 0.827. The quantitative estimate of drug-likeness (QED) is 0.656. The molecule has 11 heavy (non-hydrogen) atoms. The van der Waals surface area contributed by atoms with Crippen molar-refractivity contribution in [3.8, 4) is 0 Å². The first kappa shape index (κ1) is 8.37. The lowest BCUT2D eigenvalue weighted by Gasteiger charge is -2.00. The van der Waals surface area contributed by atoms with Crippen LogP contribution in [-0.4, -0.2) is 11.9 Å². The summed E-state index contributed by atoms with van der Waals surface area (Å²) in [7, 11) is 0. The first-order valence-electron chi connectivity index (χ1n) is 3.30. The van der Waals surface area contributed by atoms with Crippen molar-refractivity contribution in [1.82, 2.24) is 0 Å². The number of halogens is 1. The van der Waals surface area contributed by atoms with E-state index in [1.54, 1.807) is 24.3 Å². The van der Waals surface area contributed by atoms with Crippen molar-refractivity contribution in [2.75, 3.05) is 0 Å². The molecule has 1 aromatic rings. The van der Waals surface area contributed by atoms with Crippen LogP contribution in [0.1, 0.15) is 0 Å². The molecule has 0 bridgehead atoms. The lowest BCUT2D eigenvalue weighted by molar-refractivity contribution is 0.599. The summed E-state index contributed by atoms with van der Waals surface area (Å²) in [6, 6.07) is 7.08. The van der Waals surface area contributed by atoms with E-state index in [0.29, 0.717) is 5.02 Å². The van der Waals surface area contributed by atoms with Gasteiger partial charge in [0.1, 0.15) is 0 Å². The van der Waals surface area contributed by atoms with Gasteiger partial charge in [0.25, 0.3) is 0 Å². The van der Waals surface area contributed by atoms with E-state index >= 15 is 0 Å². The number of hydrogen-bond acceptors (Lipinski definition) is 1. The Morgan fingerprint density at radius 2 is 2.27 bits per heavy atom. The molecule has 0 radical (unpaired) electrons. The van der Waals surface area contributed by atoms with Gasteiger partial charge >= 0.3 is 6.92 Å². The summed E-state index contributed by atoms with van der Waals surface area (Å²) < 4.78 is 0. The predicted octanol–water partition coefficient (Wildman–Crippen LogP) is 1.26. The first-order chi connectivity index (χ1) is 5.24. The van der Waals surface area contributed by atoms with Gasteiger partial charge < -0.3 is 5.02 Å². The first-order valence-corrected chi connectivity index (χ1v) is 3.68. The minimum atomic E-state index is -0.617.